The standard InChI is InChI=1S/C12H21N3OS/c1-3-9(2)17-8-11-14-12(16-15-11)10-4-6-13-7-5-10/h9-10,13H,3-8H2,1-2H3. The number of piperidine rings is 1. The normalized spacial score (nSPS) is 19.4. The first kappa shape index (κ1) is 12.9. The third kappa shape index (κ3) is 3.71. The quantitative estimate of drug-likeness (QED) is 0.876. The first-order valence-corrected chi connectivity index (χ1v) is 7.49. The molecule has 1 aliphatic rings. The van der Waals surface area contributed by atoms with E-state index in [0.717, 1.165) is 43.4 Å². The van der Waals surface area contributed by atoms with Crippen LogP contribution in [0.5, 0.6) is 0 Å². The summed E-state index contributed by atoms with van der Waals surface area (Å²) in [5.74, 6) is 3.02. The van der Waals surface area contributed by atoms with Crippen molar-refractivity contribution in [2.24, 2.45) is 0 Å². The van der Waals surface area contributed by atoms with E-state index in [4.69, 9.17) is 4.52 Å². The highest BCUT2D eigenvalue weighted by Gasteiger charge is 2.21. The molecule has 1 aliphatic heterocycles. The van der Waals surface area contributed by atoms with Gasteiger partial charge in [0.1, 0.15) is 0 Å². The molecule has 17 heavy (non-hydrogen) atoms. The van der Waals surface area contributed by atoms with Crippen LogP contribution in [0.15, 0.2) is 4.52 Å². The Hall–Kier alpha value is -0.550. The van der Waals surface area contributed by atoms with Gasteiger partial charge in [0.15, 0.2) is 5.82 Å². The summed E-state index contributed by atoms with van der Waals surface area (Å²) in [5.41, 5.74) is 0. The topological polar surface area (TPSA) is 51.0 Å². The van der Waals surface area contributed by atoms with E-state index in [1.165, 1.54) is 6.42 Å². The summed E-state index contributed by atoms with van der Waals surface area (Å²) in [7, 11) is 0. The average molecular weight is 255 g/mol. The molecule has 4 nitrogen and oxygen atoms in total. The fourth-order valence-corrected chi connectivity index (χ4v) is 2.68. The molecule has 1 unspecified atom stereocenters. The van der Waals surface area contributed by atoms with E-state index in [1.54, 1.807) is 0 Å². The molecule has 0 aromatic carbocycles. The lowest BCUT2D eigenvalue weighted by atomic mass is 9.98. The molecule has 1 aromatic heterocycles. The van der Waals surface area contributed by atoms with Crippen molar-refractivity contribution in [2.75, 3.05) is 13.1 Å². The fraction of sp³-hybridized carbons (Fsp3) is 0.833. The van der Waals surface area contributed by atoms with Gasteiger partial charge in [-0.05, 0) is 32.4 Å². The van der Waals surface area contributed by atoms with Crippen molar-refractivity contribution in [3.63, 3.8) is 0 Å². The van der Waals surface area contributed by atoms with Crippen LogP contribution in [0, 0.1) is 0 Å². The number of nitrogens with zero attached hydrogens (tertiary/aromatic N) is 2. The smallest absolute Gasteiger partial charge is 0.229 e. The van der Waals surface area contributed by atoms with E-state index in [0.29, 0.717) is 11.2 Å². The van der Waals surface area contributed by atoms with E-state index in [2.05, 4.69) is 29.3 Å². The van der Waals surface area contributed by atoms with Crippen LogP contribution in [-0.2, 0) is 5.75 Å². The Morgan fingerprint density at radius 2 is 2.24 bits per heavy atom. The second-order valence-corrected chi connectivity index (χ2v) is 6.03. The maximum absolute atomic E-state index is 5.37. The van der Waals surface area contributed by atoms with Crippen molar-refractivity contribution in [3.05, 3.63) is 11.7 Å². The summed E-state index contributed by atoms with van der Waals surface area (Å²) < 4.78 is 5.37. The van der Waals surface area contributed by atoms with Crippen LogP contribution >= 0.6 is 11.8 Å². The Labute approximate surface area is 107 Å². The second kappa shape index (κ2) is 6.40. The Morgan fingerprint density at radius 1 is 1.47 bits per heavy atom. The molecule has 5 heteroatoms. The van der Waals surface area contributed by atoms with Crippen molar-refractivity contribution < 1.29 is 4.52 Å². The first-order valence-electron chi connectivity index (χ1n) is 6.44. The third-order valence-corrected chi connectivity index (χ3v) is 4.57. The predicted molar refractivity (Wildman–Crippen MR) is 70.2 cm³/mol. The molecule has 1 atom stereocenters. The van der Waals surface area contributed by atoms with Crippen LogP contribution in [0.3, 0.4) is 0 Å². The molecule has 0 aliphatic carbocycles. The number of rotatable bonds is 5. The maximum Gasteiger partial charge on any atom is 0.229 e. The van der Waals surface area contributed by atoms with E-state index in [-0.39, 0.29) is 0 Å². The maximum atomic E-state index is 5.37. The average Bonchev–Trinajstić information content (AvgIpc) is 2.86. The van der Waals surface area contributed by atoms with Gasteiger partial charge >= 0.3 is 0 Å². The molecule has 0 amide bonds. The van der Waals surface area contributed by atoms with Crippen LogP contribution in [0.2, 0.25) is 0 Å². The van der Waals surface area contributed by atoms with Crippen LogP contribution in [0.4, 0.5) is 0 Å². The second-order valence-electron chi connectivity index (χ2n) is 4.60. The van der Waals surface area contributed by atoms with Crippen molar-refractivity contribution in [1.82, 2.24) is 15.5 Å². The molecule has 2 rings (SSSR count). The molecule has 1 N–H and O–H groups in total. The molecule has 0 radical (unpaired) electrons. The Balaban J connectivity index is 1.86. The van der Waals surface area contributed by atoms with Crippen molar-refractivity contribution in [1.29, 1.82) is 0 Å². The van der Waals surface area contributed by atoms with Crippen molar-refractivity contribution in [3.8, 4) is 0 Å². The SMILES string of the molecule is CCC(C)SCc1noc(C2CCNCC2)n1. The third-order valence-electron chi connectivity index (χ3n) is 3.24. The lowest BCUT2D eigenvalue weighted by Gasteiger charge is -2.18. The van der Waals surface area contributed by atoms with E-state index in [9.17, 15) is 0 Å². The Morgan fingerprint density at radius 3 is 2.94 bits per heavy atom. The number of nitrogens with one attached hydrogen (secondary N) is 1. The molecule has 0 bridgehead atoms. The largest absolute Gasteiger partial charge is 0.339 e. The Kier molecular flexibility index (Phi) is 4.86. The molecular weight excluding hydrogens is 234 g/mol. The molecule has 1 saturated heterocycles. The molecular formula is C12H21N3OS. The summed E-state index contributed by atoms with van der Waals surface area (Å²) in [6.45, 7) is 6.56. The van der Waals surface area contributed by atoms with Gasteiger partial charge in [-0.1, -0.05) is 19.0 Å². The van der Waals surface area contributed by atoms with Gasteiger partial charge in [0.2, 0.25) is 5.89 Å². The predicted octanol–water partition coefficient (Wildman–Crippen LogP) is 2.57. The first-order chi connectivity index (χ1) is 8.29. The highest BCUT2D eigenvalue weighted by Crippen LogP contribution is 2.25. The zero-order valence-electron chi connectivity index (χ0n) is 10.6. The monoisotopic (exact) mass is 255 g/mol. The van der Waals surface area contributed by atoms with Crippen LogP contribution in [-0.4, -0.2) is 28.5 Å². The number of hydrogen-bond acceptors (Lipinski definition) is 5. The fourth-order valence-electron chi connectivity index (χ4n) is 1.90. The summed E-state index contributed by atoms with van der Waals surface area (Å²) in [6.07, 6.45) is 3.41. The molecule has 1 fully saturated rings. The molecule has 1 aromatic rings. The highest BCUT2D eigenvalue weighted by atomic mass is 32.2. The molecule has 0 saturated carbocycles. The summed E-state index contributed by atoms with van der Waals surface area (Å²) in [5, 5.41) is 8.08. The Bertz CT molecular complexity index is 336. The molecule has 2 heterocycles. The van der Waals surface area contributed by atoms with Crippen molar-refractivity contribution >= 4 is 11.8 Å². The van der Waals surface area contributed by atoms with Gasteiger partial charge in [0, 0.05) is 11.2 Å². The van der Waals surface area contributed by atoms with Gasteiger partial charge in [-0.15, -0.1) is 0 Å². The number of hydrogen-bond donors (Lipinski definition) is 1. The van der Waals surface area contributed by atoms with E-state index < -0.39 is 0 Å². The van der Waals surface area contributed by atoms with Crippen LogP contribution in [0.1, 0.15) is 50.7 Å². The number of thioether (sulfide) groups is 1. The summed E-state index contributed by atoms with van der Waals surface area (Å²) in [6, 6.07) is 0. The van der Waals surface area contributed by atoms with Gasteiger partial charge < -0.3 is 9.84 Å². The molecule has 96 valence electrons. The minimum atomic E-state index is 0.464. The van der Waals surface area contributed by atoms with Crippen LogP contribution < -0.4 is 5.32 Å². The lowest BCUT2D eigenvalue weighted by molar-refractivity contribution is 0.318. The van der Waals surface area contributed by atoms with Gasteiger partial charge in [-0.3, -0.25) is 0 Å². The zero-order chi connectivity index (χ0) is 12.1. The van der Waals surface area contributed by atoms with Gasteiger partial charge in [-0.2, -0.15) is 16.7 Å². The van der Waals surface area contributed by atoms with Crippen LogP contribution in [0.25, 0.3) is 0 Å². The summed E-state index contributed by atoms with van der Waals surface area (Å²) >= 11 is 1.89. The van der Waals surface area contributed by atoms with Crippen molar-refractivity contribution in [2.45, 2.75) is 50.0 Å². The summed E-state index contributed by atoms with van der Waals surface area (Å²) in [4.78, 5) is 4.51. The van der Waals surface area contributed by atoms with E-state index in [1.807, 2.05) is 11.8 Å². The zero-order valence-corrected chi connectivity index (χ0v) is 11.4. The minimum absolute atomic E-state index is 0.464. The molecule has 0 spiro atoms. The number of aromatic nitrogens is 2. The van der Waals surface area contributed by atoms with E-state index >= 15 is 0 Å². The van der Waals surface area contributed by atoms with Gasteiger partial charge in [0.05, 0.1) is 5.75 Å². The van der Waals surface area contributed by atoms with Gasteiger partial charge in [-0.25, -0.2) is 0 Å². The van der Waals surface area contributed by atoms with Gasteiger partial charge in [0.25, 0.3) is 0 Å². The lowest BCUT2D eigenvalue weighted by Crippen LogP contribution is -2.26. The highest BCUT2D eigenvalue weighted by molar-refractivity contribution is 7.99. The minimum Gasteiger partial charge on any atom is -0.339 e.